The number of carbonyl (C=O) groups excluding carboxylic acids is 3. The molecule has 2 heterocycles. The van der Waals surface area contributed by atoms with Crippen LogP contribution in [0.5, 0.6) is 0 Å². The fourth-order valence-electron chi connectivity index (χ4n) is 3.55. The van der Waals surface area contributed by atoms with Crippen molar-refractivity contribution in [3.63, 3.8) is 0 Å². The Hall–Kier alpha value is -2.41. The predicted octanol–water partition coefficient (Wildman–Crippen LogP) is 1.57. The number of nitrogens with zero attached hydrogens (tertiary/aromatic N) is 2. The van der Waals surface area contributed by atoms with Crippen LogP contribution in [-0.4, -0.2) is 55.2 Å². The summed E-state index contributed by atoms with van der Waals surface area (Å²) in [4.78, 5) is 41.6. The summed E-state index contributed by atoms with van der Waals surface area (Å²) in [6.45, 7) is 2.61. The van der Waals surface area contributed by atoms with E-state index in [2.05, 4.69) is 0 Å². The highest BCUT2D eigenvalue weighted by molar-refractivity contribution is 6.15. The van der Waals surface area contributed by atoms with Gasteiger partial charge in [-0.3, -0.25) is 14.5 Å². The molecule has 0 saturated carbocycles. The van der Waals surface area contributed by atoms with Crippen molar-refractivity contribution in [3.8, 4) is 0 Å². The Labute approximate surface area is 146 Å². The molecular weight excluding hydrogens is 324 g/mol. The van der Waals surface area contributed by atoms with Crippen LogP contribution in [0, 0.1) is 0 Å². The van der Waals surface area contributed by atoms with E-state index in [-0.39, 0.29) is 44.4 Å². The lowest BCUT2D eigenvalue weighted by atomic mass is 9.96. The largest absolute Gasteiger partial charge is 0.463 e. The van der Waals surface area contributed by atoms with Gasteiger partial charge in [0, 0.05) is 26.5 Å². The lowest BCUT2D eigenvalue weighted by molar-refractivity contribution is -0.157. The van der Waals surface area contributed by atoms with Gasteiger partial charge in [-0.1, -0.05) is 19.1 Å². The normalized spacial score (nSPS) is 22.0. The third kappa shape index (κ3) is 2.59. The number of methoxy groups -OCH3 is 1. The van der Waals surface area contributed by atoms with Gasteiger partial charge >= 0.3 is 5.97 Å². The zero-order valence-electron chi connectivity index (χ0n) is 14.5. The smallest absolute Gasteiger partial charge is 0.353 e. The molecule has 0 radical (unpaired) electrons. The van der Waals surface area contributed by atoms with Crippen LogP contribution >= 0.6 is 0 Å². The highest BCUT2D eigenvalue weighted by atomic mass is 16.5. The molecular formula is C18H22N2O5. The molecule has 1 atom stereocenters. The first kappa shape index (κ1) is 17.4. The number of ether oxygens (including phenoxy) is 2. The Balaban J connectivity index is 2.14. The molecule has 0 aromatic heterocycles. The third-order valence-electron chi connectivity index (χ3n) is 4.66. The molecule has 25 heavy (non-hydrogen) atoms. The molecule has 3 rings (SSSR count). The van der Waals surface area contributed by atoms with E-state index in [1.165, 1.54) is 16.9 Å². The van der Waals surface area contributed by atoms with Gasteiger partial charge in [0.15, 0.2) is 0 Å². The maximum Gasteiger partial charge on any atom is 0.353 e. The quantitative estimate of drug-likeness (QED) is 0.731. The summed E-state index contributed by atoms with van der Waals surface area (Å²) in [6, 6.07) is 6.87. The standard InChI is InChI=1S/C18H22N2O5/c1-3-11-25-17(23)18-9-8-15(21)20(18)14-7-5-4-6-13(14)16(22)19(18)10-12-24-2/h4-7H,3,8-12H2,1-2H3. The minimum absolute atomic E-state index is 0.184. The molecule has 2 aliphatic rings. The lowest BCUT2D eigenvalue weighted by Gasteiger charge is -2.48. The second-order valence-electron chi connectivity index (χ2n) is 6.15. The average Bonchev–Trinajstić information content (AvgIpc) is 2.98. The summed E-state index contributed by atoms with van der Waals surface area (Å²) in [5.41, 5.74) is -0.541. The molecule has 0 bridgehead atoms. The first-order valence-electron chi connectivity index (χ1n) is 8.48. The van der Waals surface area contributed by atoms with Crippen molar-refractivity contribution in [1.29, 1.82) is 0 Å². The number of anilines is 1. The van der Waals surface area contributed by atoms with E-state index in [0.29, 0.717) is 17.7 Å². The van der Waals surface area contributed by atoms with E-state index in [0.717, 1.165) is 0 Å². The van der Waals surface area contributed by atoms with Crippen LogP contribution in [0.1, 0.15) is 36.5 Å². The van der Waals surface area contributed by atoms with Crippen molar-refractivity contribution in [3.05, 3.63) is 29.8 Å². The molecule has 134 valence electrons. The molecule has 1 aromatic rings. The van der Waals surface area contributed by atoms with Crippen LogP contribution in [0.3, 0.4) is 0 Å². The average molecular weight is 346 g/mol. The van der Waals surface area contributed by atoms with Crippen LogP contribution in [0.25, 0.3) is 0 Å². The van der Waals surface area contributed by atoms with Crippen LogP contribution in [-0.2, 0) is 19.1 Å². The summed E-state index contributed by atoms with van der Waals surface area (Å²) in [7, 11) is 1.53. The Bertz CT molecular complexity index is 704. The van der Waals surface area contributed by atoms with Gasteiger partial charge < -0.3 is 14.4 Å². The molecule has 2 aliphatic heterocycles. The minimum Gasteiger partial charge on any atom is -0.463 e. The van der Waals surface area contributed by atoms with E-state index < -0.39 is 11.6 Å². The summed E-state index contributed by atoms with van der Waals surface area (Å²) in [5.74, 6) is -1.03. The van der Waals surface area contributed by atoms with Gasteiger partial charge in [-0.25, -0.2) is 4.79 Å². The molecule has 7 nitrogen and oxygen atoms in total. The topological polar surface area (TPSA) is 76.2 Å². The fraction of sp³-hybridized carbons (Fsp3) is 0.500. The van der Waals surface area contributed by atoms with Crippen molar-refractivity contribution in [1.82, 2.24) is 4.90 Å². The Morgan fingerprint density at radius 3 is 2.72 bits per heavy atom. The van der Waals surface area contributed by atoms with Crippen molar-refractivity contribution < 1.29 is 23.9 Å². The predicted molar refractivity (Wildman–Crippen MR) is 90.1 cm³/mol. The highest BCUT2D eigenvalue weighted by Crippen LogP contribution is 2.44. The van der Waals surface area contributed by atoms with E-state index in [1.54, 1.807) is 24.3 Å². The van der Waals surface area contributed by atoms with Crippen molar-refractivity contribution in [2.24, 2.45) is 0 Å². The zero-order valence-corrected chi connectivity index (χ0v) is 14.5. The molecule has 0 N–H and O–H groups in total. The molecule has 7 heteroatoms. The summed E-state index contributed by atoms with van der Waals surface area (Å²) >= 11 is 0. The van der Waals surface area contributed by atoms with Crippen LogP contribution < -0.4 is 4.90 Å². The van der Waals surface area contributed by atoms with Gasteiger partial charge in [-0.2, -0.15) is 0 Å². The highest BCUT2D eigenvalue weighted by Gasteiger charge is 2.61. The van der Waals surface area contributed by atoms with E-state index in [9.17, 15) is 14.4 Å². The number of esters is 1. The van der Waals surface area contributed by atoms with Gasteiger partial charge in [0.2, 0.25) is 11.6 Å². The van der Waals surface area contributed by atoms with Crippen LogP contribution in [0.4, 0.5) is 5.69 Å². The Morgan fingerprint density at radius 1 is 1.24 bits per heavy atom. The van der Waals surface area contributed by atoms with Crippen molar-refractivity contribution >= 4 is 23.5 Å². The molecule has 2 amide bonds. The summed E-state index contributed by atoms with van der Waals surface area (Å²) in [6.07, 6.45) is 1.07. The Kier molecular flexibility index (Phi) is 4.76. The molecule has 0 aliphatic carbocycles. The number of para-hydroxylation sites is 1. The van der Waals surface area contributed by atoms with Crippen molar-refractivity contribution in [2.75, 3.05) is 31.8 Å². The molecule has 1 saturated heterocycles. The fourth-order valence-corrected chi connectivity index (χ4v) is 3.55. The molecule has 1 unspecified atom stereocenters. The van der Waals surface area contributed by atoms with E-state index in [4.69, 9.17) is 9.47 Å². The zero-order chi connectivity index (χ0) is 18.0. The first-order chi connectivity index (χ1) is 12.1. The first-order valence-corrected chi connectivity index (χ1v) is 8.48. The van der Waals surface area contributed by atoms with E-state index >= 15 is 0 Å². The SMILES string of the molecule is CCCOC(=O)C12CCC(=O)N1c1ccccc1C(=O)N2CCOC. The number of hydrogen-bond donors (Lipinski definition) is 0. The number of fused-ring (bicyclic) bond motifs is 3. The minimum atomic E-state index is -1.42. The second kappa shape index (κ2) is 6.84. The van der Waals surface area contributed by atoms with E-state index in [1.807, 2.05) is 6.92 Å². The molecule has 1 fully saturated rings. The molecule has 1 aromatic carbocycles. The van der Waals surface area contributed by atoms with Gasteiger partial charge in [0.25, 0.3) is 5.91 Å². The number of rotatable bonds is 6. The maximum atomic E-state index is 13.1. The van der Waals surface area contributed by atoms with Crippen LogP contribution in [0.15, 0.2) is 24.3 Å². The number of benzene rings is 1. The van der Waals surface area contributed by atoms with Gasteiger partial charge in [-0.05, 0) is 18.6 Å². The lowest BCUT2D eigenvalue weighted by Crippen LogP contribution is -2.69. The molecule has 0 spiro atoms. The number of carbonyl (C=O) groups is 3. The monoisotopic (exact) mass is 346 g/mol. The maximum absolute atomic E-state index is 13.1. The van der Waals surface area contributed by atoms with Crippen LogP contribution in [0.2, 0.25) is 0 Å². The summed E-state index contributed by atoms with van der Waals surface area (Å²) in [5, 5.41) is 0. The van der Waals surface area contributed by atoms with Gasteiger partial charge in [0.1, 0.15) is 0 Å². The number of amides is 2. The van der Waals surface area contributed by atoms with Gasteiger partial charge in [0.05, 0.1) is 24.5 Å². The third-order valence-corrected chi connectivity index (χ3v) is 4.66. The van der Waals surface area contributed by atoms with Crippen molar-refractivity contribution in [2.45, 2.75) is 31.8 Å². The number of hydrogen-bond acceptors (Lipinski definition) is 5. The summed E-state index contributed by atoms with van der Waals surface area (Å²) < 4.78 is 10.5. The Morgan fingerprint density at radius 2 is 2.00 bits per heavy atom. The van der Waals surface area contributed by atoms with Gasteiger partial charge in [-0.15, -0.1) is 0 Å². The second-order valence-corrected chi connectivity index (χ2v) is 6.15.